The molecule has 27 heavy (non-hydrogen) atoms. The van der Waals surface area contributed by atoms with Gasteiger partial charge in [-0.15, -0.1) is 0 Å². The van der Waals surface area contributed by atoms with Crippen LogP contribution < -0.4 is 10.6 Å². The highest BCUT2D eigenvalue weighted by atomic mass is 19.1. The molecule has 0 radical (unpaired) electrons. The SMILES string of the molecule is CCOC(=O)c1ccccc1Nc1cc(Nc2c(F)cccc2F)ncn1. The van der Waals surface area contributed by atoms with Crippen LogP contribution in [0.1, 0.15) is 17.3 Å². The number of hydrogen-bond acceptors (Lipinski definition) is 6. The van der Waals surface area contributed by atoms with Crippen LogP contribution in [0.5, 0.6) is 0 Å². The zero-order chi connectivity index (χ0) is 19.2. The van der Waals surface area contributed by atoms with Crippen LogP contribution in [0.2, 0.25) is 0 Å². The van der Waals surface area contributed by atoms with Crippen LogP contribution in [-0.2, 0) is 4.74 Å². The molecule has 3 rings (SSSR count). The highest BCUT2D eigenvalue weighted by Gasteiger charge is 2.13. The first kappa shape index (κ1) is 18.2. The van der Waals surface area contributed by atoms with Gasteiger partial charge in [-0.2, -0.15) is 0 Å². The third kappa shape index (κ3) is 4.35. The van der Waals surface area contributed by atoms with E-state index in [0.717, 1.165) is 12.1 Å². The maximum Gasteiger partial charge on any atom is 0.340 e. The Morgan fingerprint density at radius 3 is 2.37 bits per heavy atom. The molecule has 0 unspecified atom stereocenters. The molecule has 2 aromatic carbocycles. The van der Waals surface area contributed by atoms with E-state index < -0.39 is 17.6 Å². The zero-order valence-electron chi connectivity index (χ0n) is 14.4. The fourth-order valence-corrected chi connectivity index (χ4v) is 2.36. The predicted octanol–water partition coefficient (Wildman–Crippen LogP) is 4.42. The number of aromatic nitrogens is 2. The van der Waals surface area contributed by atoms with Crippen molar-refractivity contribution in [1.29, 1.82) is 0 Å². The van der Waals surface area contributed by atoms with Crippen molar-refractivity contribution in [3.63, 3.8) is 0 Å². The Balaban J connectivity index is 1.84. The van der Waals surface area contributed by atoms with Crippen molar-refractivity contribution >= 4 is 29.0 Å². The average Bonchev–Trinajstić information content (AvgIpc) is 2.66. The molecule has 138 valence electrons. The van der Waals surface area contributed by atoms with Crippen molar-refractivity contribution in [3.05, 3.63) is 72.1 Å². The van der Waals surface area contributed by atoms with Crippen LogP contribution >= 0.6 is 0 Å². The van der Waals surface area contributed by atoms with E-state index in [1.807, 2.05) is 0 Å². The second-order valence-electron chi connectivity index (χ2n) is 5.40. The lowest BCUT2D eigenvalue weighted by atomic mass is 10.2. The number of ether oxygens (including phenoxy) is 1. The molecular weight excluding hydrogens is 354 g/mol. The lowest BCUT2D eigenvalue weighted by molar-refractivity contribution is 0.0527. The smallest absolute Gasteiger partial charge is 0.340 e. The minimum absolute atomic E-state index is 0.185. The van der Waals surface area contributed by atoms with Crippen LogP contribution in [0.25, 0.3) is 0 Å². The summed E-state index contributed by atoms with van der Waals surface area (Å²) < 4.78 is 32.6. The number of carbonyl (C=O) groups is 1. The van der Waals surface area contributed by atoms with E-state index in [-0.39, 0.29) is 18.1 Å². The number of nitrogens with one attached hydrogen (secondary N) is 2. The number of rotatable bonds is 6. The van der Waals surface area contributed by atoms with Gasteiger partial charge in [0, 0.05) is 6.07 Å². The number of nitrogens with zero attached hydrogens (tertiary/aromatic N) is 2. The summed E-state index contributed by atoms with van der Waals surface area (Å²) in [5.74, 6) is -1.43. The molecule has 0 atom stereocenters. The van der Waals surface area contributed by atoms with Gasteiger partial charge in [-0.3, -0.25) is 0 Å². The summed E-state index contributed by atoms with van der Waals surface area (Å²) in [6.45, 7) is 1.97. The van der Waals surface area contributed by atoms with Crippen LogP contribution in [0.3, 0.4) is 0 Å². The first-order valence-corrected chi connectivity index (χ1v) is 8.14. The molecule has 0 aliphatic carbocycles. The van der Waals surface area contributed by atoms with Gasteiger partial charge in [-0.25, -0.2) is 23.5 Å². The van der Waals surface area contributed by atoms with Crippen molar-refractivity contribution < 1.29 is 18.3 Å². The summed E-state index contributed by atoms with van der Waals surface area (Å²) in [5.41, 5.74) is 0.513. The molecule has 3 aromatic rings. The third-order valence-corrected chi connectivity index (χ3v) is 3.57. The predicted molar refractivity (Wildman–Crippen MR) is 97.4 cm³/mol. The Morgan fingerprint density at radius 1 is 1.00 bits per heavy atom. The first-order chi connectivity index (χ1) is 13.1. The zero-order valence-corrected chi connectivity index (χ0v) is 14.4. The molecule has 0 saturated carbocycles. The summed E-state index contributed by atoms with van der Waals surface area (Å²) in [7, 11) is 0. The highest BCUT2D eigenvalue weighted by Crippen LogP contribution is 2.25. The van der Waals surface area contributed by atoms with Crippen LogP contribution in [0, 0.1) is 11.6 Å². The molecule has 0 saturated heterocycles. The molecule has 1 heterocycles. The Bertz CT molecular complexity index is 946. The third-order valence-electron chi connectivity index (χ3n) is 3.57. The Hall–Kier alpha value is -3.55. The number of hydrogen-bond donors (Lipinski definition) is 2. The quantitative estimate of drug-likeness (QED) is 0.626. The number of esters is 1. The van der Waals surface area contributed by atoms with Gasteiger partial charge in [0.2, 0.25) is 0 Å². The molecule has 1 aromatic heterocycles. The Kier molecular flexibility index (Phi) is 5.55. The molecule has 0 aliphatic rings. The summed E-state index contributed by atoms with van der Waals surface area (Å²) >= 11 is 0. The van der Waals surface area contributed by atoms with E-state index in [9.17, 15) is 13.6 Å². The average molecular weight is 370 g/mol. The van der Waals surface area contributed by atoms with Crippen molar-refractivity contribution in [2.75, 3.05) is 17.2 Å². The van der Waals surface area contributed by atoms with E-state index in [2.05, 4.69) is 20.6 Å². The Morgan fingerprint density at radius 2 is 1.67 bits per heavy atom. The van der Waals surface area contributed by atoms with Gasteiger partial charge in [0.1, 0.15) is 35.3 Å². The molecule has 0 amide bonds. The molecule has 0 spiro atoms. The van der Waals surface area contributed by atoms with Gasteiger partial charge < -0.3 is 15.4 Å². The second kappa shape index (κ2) is 8.22. The van der Waals surface area contributed by atoms with Crippen molar-refractivity contribution in [3.8, 4) is 0 Å². The van der Waals surface area contributed by atoms with Gasteiger partial charge in [0.05, 0.1) is 17.9 Å². The number of carbonyl (C=O) groups excluding carboxylic acids is 1. The topological polar surface area (TPSA) is 76.1 Å². The monoisotopic (exact) mass is 370 g/mol. The lowest BCUT2D eigenvalue weighted by Crippen LogP contribution is -2.08. The maximum atomic E-state index is 13.8. The fourth-order valence-electron chi connectivity index (χ4n) is 2.36. The number of benzene rings is 2. The van der Waals surface area contributed by atoms with Crippen molar-refractivity contribution in [1.82, 2.24) is 9.97 Å². The maximum absolute atomic E-state index is 13.8. The van der Waals surface area contributed by atoms with Crippen LogP contribution in [-0.4, -0.2) is 22.5 Å². The summed E-state index contributed by atoms with van der Waals surface area (Å²) in [6, 6.07) is 11.8. The molecule has 0 fully saturated rings. The lowest BCUT2D eigenvalue weighted by Gasteiger charge is -2.12. The summed E-state index contributed by atoms with van der Waals surface area (Å²) in [4.78, 5) is 20.1. The fraction of sp³-hybridized carbons (Fsp3) is 0.105. The van der Waals surface area contributed by atoms with Gasteiger partial charge in [-0.1, -0.05) is 18.2 Å². The molecule has 2 N–H and O–H groups in total. The number of anilines is 4. The standard InChI is InChI=1S/C19H16F2N4O2/c1-2-27-19(26)12-6-3-4-9-15(12)24-16-10-17(23-11-22-16)25-18-13(20)7-5-8-14(18)21/h3-11H,2H2,1H3,(H2,22,23,24,25). The van der Waals surface area contributed by atoms with Gasteiger partial charge >= 0.3 is 5.97 Å². The van der Waals surface area contributed by atoms with Gasteiger partial charge in [0.15, 0.2) is 0 Å². The second-order valence-corrected chi connectivity index (χ2v) is 5.40. The molecular formula is C19H16F2N4O2. The van der Waals surface area contributed by atoms with Gasteiger partial charge in [0.25, 0.3) is 0 Å². The first-order valence-electron chi connectivity index (χ1n) is 8.14. The minimum Gasteiger partial charge on any atom is -0.462 e. The van der Waals surface area contributed by atoms with E-state index in [4.69, 9.17) is 4.74 Å². The molecule has 6 nitrogen and oxygen atoms in total. The van der Waals surface area contributed by atoms with Crippen LogP contribution in [0.15, 0.2) is 54.9 Å². The normalized spacial score (nSPS) is 10.3. The summed E-state index contributed by atoms with van der Waals surface area (Å²) in [5, 5.41) is 5.58. The number of para-hydroxylation sites is 2. The number of halogens is 2. The Labute approximate surface area is 154 Å². The van der Waals surface area contributed by atoms with Crippen molar-refractivity contribution in [2.24, 2.45) is 0 Å². The highest BCUT2D eigenvalue weighted by molar-refractivity contribution is 5.96. The minimum atomic E-state index is -0.740. The van der Waals surface area contributed by atoms with Crippen LogP contribution in [0.4, 0.5) is 31.8 Å². The van der Waals surface area contributed by atoms with Crippen molar-refractivity contribution in [2.45, 2.75) is 6.92 Å². The summed E-state index contributed by atoms with van der Waals surface area (Å²) in [6.07, 6.45) is 1.23. The largest absolute Gasteiger partial charge is 0.462 e. The molecule has 8 heteroatoms. The van der Waals surface area contributed by atoms with E-state index >= 15 is 0 Å². The van der Waals surface area contributed by atoms with E-state index in [1.54, 1.807) is 31.2 Å². The van der Waals surface area contributed by atoms with E-state index in [0.29, 0.717) is 17.1 Å². The molecule has 0 aliphatic heterocycles. The van der Waals surface area contributed by atoms with E-state index in [1.165, 1.54) is 18.5 Å². The van der Waals surface area contributed by atoms with Gasteiger partial charge in [-0.05, 0) is 31.2 Å². The molecule has 0 bridgehead atoms.